The number of nitrogens with zero attached hydrogens (tertiary/aromatic N) is 8. The third-order valence-corrected chi connectivity index (χ3v) is 8.87. The minimum absolute atomic E-state index is 0.0404. The van der Waals surface area contributed by atoms with Crippen LogP contribution in [0.2, 0.25) is 0 Å². The van der Waals surface area contributed by atoms with E-state index in [9.17, 15) is 19.1 Å². The number of rotatable bonds is 2. The van der Waals surface area contributed by atoms with E-state index < -0.39 is 78.4 Å². The fourth-order valence-corrected chi connectivity index (χ4v) is 6.81. The molecule has 3 saturated heterocycles. The van der Waals surface area contributed by atoms with Gasteiger partial charge in [-0.2, -0.15) is 0 Å². The smallest absolute Gasteiger partial charge is 0.387 e. The summed E-state index contributed by atoms with van der Waals surface area (Å²) < 4.78 is 77.1. The molecular formula is C20H22FN10O10P2+. The number of nitrogen functional groups attached to an aromatic ring is 2. The number of aliphatic hydroxyl groups is 1. The predicted octanol–water partition coefficient (Wildman–Crippen LogP) is -0.101. The number of nitrogens with two attached hydrogens (primary N) is 2. The zero-order chi connectivity index (χ0) is 30.0. The van der Waals surface area contributed by atoms with Crippen LogP contribution >= 0.6 is 16.1 Å². The second kappa shape index (κ2) is 10.7. The predicted molar refractivity (Wildman–Crippen MR) is 137 cm³/mol. The normalized spacial score (nSPS) is 36.3. The largest absolute Gasteiger partial charge is 0.698 e. The minimum atomic E-state index is -5.03. The molecule has 3 aliphatic heterocycles. The molecule has 0 radical (unpaired) electrons. The maximum atomic E-state index is 15.8. The van der Waals surface area contributed by atoms with Crippen molar-refractivity contribution in [2.45, 2.75) is 49.1 Å². The van der Waals surface area contributed by atoms with Crippen LogP contribution in [-0.4, -0.2) is 98.9 Å². The number of aliphatic hydroxyl groups excluding tert-OH is 1. The van der Waals surface area contributed by atoms with E-state index in [4.69, 9.17) is 39.0 Å². The van der Waals surface area contributed by atoms with Gasteiger partial charge in [-0.25, -0.2) is 38.9 Å². The molecule has 20 nitrogen and oxygen atoms in total. The fraction of sp³-hybridized carbons (Fsp3) is 0.500. The average Bonchev–Trinajstić information content (AvgIpc) is 3.73. The summed E-state index contributed by atoms with van der Waals surface area (Å²) in [6.07, 6.45) is -7.34. The Hall–Kier alpha value is -3.36. The average molecular weight is 643 g/mol. The lowest BCUT2D eigenvalue weighted by Gasteiger charge is -2.22. The Balaban J connectivity index is 1.18. The number of imidazole rings is 2. The molecule has 7 rings (SSSR count). The summed E-state index contributed by atoms with van der Waals surface area (Å²) in [5.41, 5.74) is 12.4. The summed E-state index contributed by atoms with van der Waals surface area (Å²) in [6.45, 7) is -1.34. The zero-order valence-corrected chi connectivity index (χ0v) is 23.3. The molecule has 4 aromatic rings. The van der Waals surface area contributed by atoms with Crippen molar-refractivity contribution in [1.29, 1.82) is 0 Å². The fourth-order valence-electron chi connectivity index (χ4n) is 5.10. The van der Waals surface area contributed by atoms with Gasteiger partial charge in [-0.15, -0.1) is 9.05 Å². The van der Waals surface area contributed by atoms with Crippen molar-refractivity contribution >= 4 is 50.0 Å². The van der Waals surface area contributed by atoms with Gasteiger partial charge in [0.05, 0.1) is 19.3 Å². The van der Waals surface area contributed by atoms with Crippen LogP contribution in [0.3, 0.4) is 0 Å². The second-order valence-corrected chi connectivity index (χ2v) is 12.0. The van der Waals surface area contributed by atoms with Gasteiger partial charge in [0, 0.05) is 4.57 Å². The molecule has 228 valence electrons. The Morgan fingerprint density at radius 2 is 1.51 bits per heavy atom. The first-order valence-corrected chi connectivity index (χ1v) is 15.1. The van der Waals surface area contributed by atoms with Crippen LogP contribution in [0, 0.1) is 0 Å². The standard InChI is InChI=1S/C20H21FN10O10P2/c21-9-13-8(39-19(9)30-5-28-10-15(22)24-3-26-17(10)30)1-36-42(33)40-14-12(32)7(2-37-43(34,35)41-13)38-20(14)31-6-29-11-16(23)25-4-27-18(11)31/h3-9,12-14,19-20,32H,1-2H2,(H4-,22,23,24,25,26,27,34,35)/p+1. The highest BCUT2D eigenvalue weighted by atomic mass is 31.2. The summed E-state index contributed by atoms with van der Waals surface area (Å²) in [5.74, 6) is 0.114. The van der Waals surface area contributed by atoms with Crippen molar-refractivity contribution in [1.82, 2.24) is 39.0 Å². The number of ether oxygens (including phenoxy) is 2. The van der Waals surface area contributed by atoms with E-state index in [1.807, 2.05) is 0 Å². The quantitative estimate of drug-likeness (QED) is 0.208. The minimum Gasteiger partial charge on any atom is -0.387 e. The van der Waals surface area contributed by atoms with Crippen molar-refractivity contribution in [3.8, 4) is 0 Å². The molecule has 10 atom stereocenters. The van der Waals surface area contributed by atoms with Crippen molar-refractivity contribution in [2.75, 3.05) is 24.7 Å². The van der Waals surface area contributed by atoms with E-state index >= 15 is 4.39 Å². The monoisotopic (exact) mass is 643 g/mol. The topological polar surface area (TPSA) is 269 Å². The molecule has 3 fully saturated rings. The third kappa shape index (κ3) is 4.92. The molecule has 7 heterocycles. The van der Waals surface area contributed by atoms with Gasteiger partial charge in [0.2, 0.25) is 0 Å². The van der Waals surface area contributed by atoms with Gasteiger partial charge in [-0.3, -0.25) is 18.2 Å². The molecule has 43 heavy (non-hydrogen) atoms. The van der Waals surface area contributed by atoms with Crippen LogP contribution in [0.25, 0.3) is 22.3 Å². The summed E-state index contributed by atoms with van der Waals surface area (Å²) >= 11 is 0. The number of aromatic nitrogens is 8. The van der Waals surface area contributed by atoms with E-state index in [1.165, 1.54) is 28.1 Å². The molecule has 3 aliphatic rings. The first-order chi connectivity index (χ1) is 20.6. The van der Waals surface area contributed by atoms with Crippen molar-refractivity contribution in [3.05, 3.63) is 25.3 Å². The first-order valence-electron chi connectivity index (χ1n) is 12.5. The summed E-state index contributed by atoms with van der Waals surface area (Å²) in [4.78, 5) is 34.6. The molecule has 0 spiro atoms. The molecule has 4 aromatic heterocycles. The van der Waals surface area contributed by atoms with Crippen LogP contribution in [-0.2, 0) is 36.7 Å². The molecule has 0 saturated carbocycles. The second-order valence-electron chi connectivity index (χ2n) is 9.65. The Morgan fingerprint density at radius 3 is 2.16 bits per heavy atom. The van der Waals surface area contributed by atoms with Crippen LogP contribution < -0.4 is 11.5 Å². The first kappa shape index (κ1) is 28.4. The zero-order valence-electron chi connectivity index (χ0n) is 21.5. The van der Waals surface area contributed by atoms with E-state index in [0.717, 1.165) is 6.33 Å². The number of halogens is 1. The summed E-state index contributed by atoms with van der Waals surface area (Å²) in [5, 5.41) is 11.0. The van der Waals surface area contributed by atoms with Crippen LogP contribution in [0.5, 0.6) is 0 Å². The molecular weight excluding hydrogens is 621 g/mol. The Labute approximate surface area is 239 Å². The third-order valence-electron chi connectivity index (χ3n) is 7.11. The van der Waals surface area contributed by atoms with Crippen LogP contribution in [0.1, 0.15) is 12.5 Å². The maximum absolute atomic E-state index is 15.8. The highest BCUT2D eigenvalue weighted by molar-refractivity contribution is 7.47. The number of fused-ring (bicyclic) bond motifs is 5. The SMILES string of the molecule is Nc1ncnc2c1ncn2C1OC2CO[P+](=O)OC3C(O)C(COP(=O)(O)OC2C1F)OC3n1cnc2c(N)ncnc21. The van der Waals surface area contributed by atoms with Gasteiger partial charge >= 0.3 is 16.1 Å². The van der Waals surface area contributed by atoms with Gasteiger partial charge in [0.25, 0.3) is 0 Å². The molecule has 23 heteroatoms. The molecule has 0 amide bonds. The molecule has 6 N–H and O–H groups in total. The van der Waals surface area contributed by atoms with E-state index in [1.54, 1.807) is 0 Å². The van der Waals surface area contributed by atoms with Gasteiger partial charge in [0.15, 0.2) is 47.7 Å². The number of hydrogen-bond donors (Lipinski definition) is 4. The number of anilines is 2. The summed E-state index contributed by atoms with van der Waals surface area (Å²) in [7, 11) is -8.04. The lowest BCUT2D eigenvalue weighted by molar-refractivity contribution is -0.0614. The van der Waals surface area contributed by atoms with Crippen molar-refractivity contribution < 1.29 is 51.1 Å². The van der Waals surface area contributed by atoms with Gasteiger partial charge in [-0.05, 0) is 0 Å². The van der Waals surface area contributed by atoms with Crippen molar-refractivity contribution in [2.24, 2.45) is 0 Å². The van der Waals surface area contributed by atoms with E-state index in [2.05, 4.69) is 29.9 Å². The van der Waals surface area contributed by atoms with Crippen LogP contribution in [0.4, 0.5) is 16.0 Å². The Bertz CT molecular complexity index is 1760. The highest BCUT2D eigenvalue weighted by Crippen LogP contribution is 2.51. The Kier molecular flexibility index (Phi) is 7.05. The lowest BCUT2D eigenvalue weighted by Crippen LogP contribution is -2.35. The van der Waals surface area contributed by atoms with Gasteiger partial charge in [-0.1, -0.05) is 0 Å². The Morgan fingerprint density at radius 1 is 0.907 bits per heavy atom. The van der Waals surface area contributed by atoms with Crippen molar-refractivity contribution in [3.63, 3.8) is 0 Å². The van der Waals surface area contributed by atoms with Crippen LogP contribution in [0.15, 0.2) is 25.3 Å². The van der Waals surface area contributed by atoms with Gasteiger partial charge in [0.1, 0.15) is 54.7 Å². The van der Waals surface area contributed by atoms with Gasteiger partial charge < -0.3 is 30.9 Å². The maximum Gasteiger partial charge on any atom is 0.698 e. The summed E-state index contributed by atoms with van der Waals surface area (Å²) in [6, 6.07) is 0. The number of alkyl halides is 1. The van der Waals surface area contributed by atoms with E-state index in [0.29, 0.717) is 0 Å². The van der Waals surface area contributed by atoms with E-state index in [-0.39, 0.29) is 34.0 Å². The lowest BCUT2D eigenvalue weighted by atomic mass is 10.1. The number of phosphoric acid groups is 1. The molecule has 0 aromatic carbocycles. The number of phosphoric ester groups is 1. The molecule has 2 bridgehead atoms. The number of hydrogen-bond acceptors (Lipinski definition) is 17. The molecule has 0 aliphatic carbocycles. The highest BCUT2D eigenvalue weighted by Gasteiger charge is 2.55. The molecule has 10 unspecified atom stereocenters.